The van der Waals surface area contributed by atoms with Crippen molar-refractivity contribution in [3.63, 3.8) is 0 Å². The van der Waals surface area contributed by atoms with Crippen LogP contribution in [0.15, 0.2) is 22.0 Å². The van der Waals surface area contributed by atoms with Crippen LogP contribution in [0.2, 0.25) is 0 Å². The van der Waals surface area contributed by atoms with Crippen molar-refractivity contribution >= 4 is 69.8 Å². The molecule has 0 bridgehead atoms. The van der Waals surface area contributed by atoms with Gasteiger partial charge in [-0.25, -0.2) is 0 Å². The molecule has 4 rings (SSSR count). The zero-order valence-corrected chi connectivity index (χ0v) is 19.5. The summed E-state index contributed by atoms with van der Waals surface area (Å²) in [7, 11) is 0. The van der Waals surface area contributed by atoms with Gasteiger partial charge in [-0.05, 0) is 56.8 Å². The van der Waals surface area contributed by atoms with Crippen molar-refractivity contribution in [3.8, 4) is 0 Å². The van der Waals surface area contributed by atoms with Gasteiger partial charge in [0.25, 0.3) is 5.91 Å². The number of thioether (sulfide) groups is 2. The summed E-state index contributed by atoms with van der Waals surface area (Å²) in [5.41, 5.74) is 0. The van der Waals surface area contributed by atoms with E-state index in [0.29, 0.717) is 11.2 Å². The Balaban J connectivity index is 1.46. The first-order valence-corrected chi connectivity index (χ1v) is 12.4. The molecule has 4 aliphatic heterocycles. The van der Waals surface area contributed by atoms with Gasteiger partial charge in [0, 0.05) is 34.2 Å². The molecule has 0 radical (unpaired) electrons. The molecule has 4 nitrogen and oxygen atoms in total. The fourth-order valence-electron chi connectivity index (χ4n) is 4.49. The van der Waals surface area contributed by atoms with Crippen LogP contribution in [0.3, 0.4) is 0 Å². The lowest BCUT2D eigenvalue weighted by Gasteiger charge is -2.37. The number of imide groups is 1. The maximum absolute atomic E-state index is 12.8. The molecule has 2 saturated heterocycles. The predicted octanol–water partition coefficient (Wildman–Crippen LogP) is 4.16. The highest BCUT2D eigenvalue weighted by Gasteiger charge is 2.44. The number of carbonyl (C=O) groups is 2. The summed E-state index contributed by atoms with van der Waals surface area (Å²) in [4.78, 5) is 32.7. The van der Waals surface area contributed by atoms with Crippen molar-refractivity contribution in [1.29, 1.82) is 0 Å². The van der Waals surface area contributed by atoms with E-state index in [9.17, 15) is 9.59 Å². The summed E-state index contributed by atoms with van der Waals surface area (Å²) >= 11 is 15.0. The van der Waals surface area contributed by atoms with Gasteiger partial charge in [-0.3, -0.25) is 14.5 Å². The predicted molar refractivity (Wildman–Crippen MR) is 124 cm³/mol. The molecule has 28 heavy (non-hydrogen) atoms. The van der Waals surface area contributed by atoms with Crippen molar-refractivity contribution in [3.05, 3.63) is 22.0 Å². The maximum Gasteiger partial charge on any atom is 0.254 e. The van der Waals surface area contributed by atoms with Crippen molar-refractivity contribution in [1.82, 2.24) is 9.80 Å². The SMILES string of the molecule is CC(C)N1C(=O)C=C2SC(CC(C)N3C(=S)C=C4SCCC4C3=S)CC2C1=O. The molecule has 0 aromatic rings. The van der Waals surface area contributed by atoms with Crippen LogP contribution in [0.4, 0.5) is 0 Å². The second kappa shape index (κ2) is 7.85. The molecule has 4 unspecified atom stereocenters. The topological polar surface area (TPSA) is 40.6 Å². The smallest absolute Gasteiger partial charge is 0.254 e. The van der Waals surface area contributed by atoms with E-state index in [1.54, 1.807) is 17.8 Å². The fraction of sp³-hybridized carbons (Fsp3) is 0.600. The molecular formula is C20H24N2O2S4. The molecule has 0 aromatic heterocycles. The molecule has 0 aliphatic carbocycles. The monoisotopic (exact) mass is 452 g/mol. The number of thiocarbonyl (C=S) groups is 2. The van der Waals surface area contributed by atoms with Crippen LogP contribution in [0.5, 0.6) is 0 Å². The van der Waals surface area contributed by atoms with E-state index in [2.05, 4.69) is 17.9 Å². The number of fused-ring (bicyclic) bond motifs is 2. The van der Waals surface area contributed by atoms with E-state index >= 15 is 0 Å². The number of rotatable bonds is 4. The Morgan fingerprint density at radius 1 is 1.11 bits per heavy atom. The third-order valence-electron chi connectivity index (χ3n) is 5.80. The summed E-state index contributed by atoms with van der Waals surface area (Å²) in [5.74, 6) is 1.06. The molecule has 2 fully saturated rings. The molecule has 0 spiro atoms. The lowest BCUT2D eigenvalue weighted by molar-refractivity contribution is -0.147. The van der Waals surface area contributed by atoms with Crippen LogP contribution in [0.1, 0.15) is 40.0 Å². The van der Waals surface area contributed by atoms with E-state index < -0.39 is 0 Å². The third-order valence-corrected chi connectivity index (χ3v) is 9.17. The molecule has 4 aliphatic rings. The highest BCUT2D eigenvalue weighted by atomic mass is 32.2. The van der Waals surface area contributed by atoms with Gasteiger partial charge in [-0.15, -0.1) is 23.5 Å². The van der Waals surface area contributed by atoms with Crippen LogP contribution in [0.25, 0.3) is 0 Å². The normalized spacial score (nSPS) is 31.2. The molecule has 8 heteroatoms. The van der Waals surface area contributed by atoms with E-state index in [0.717, 1.165) is 39.9 Å². The largest absolute Gasteiger partial charge is 0.324 e. The van der Waals surface area contributed by atoms with Gasteiger partial charge in [0.15, 0.2) is 0 Å². The van der Waals surface area contributed by atoms with Crippen molar-refractivity contribution in [2.45, 2.75) is 57.4 Å². The summed E-state index contributed by atoms with van der Waals surface area (Å²) < 4.78 is 0. The van der Waals surface area contributed by atoms with Gasteiger partial charge in [0.05, 0.1) is 10.9 Å². The van der Waals surface area contributed by atoms with Crippen LogP contribution < -0.4 is 0 Å². The Bertz CT molecular complexity index is 819. The summed E-state index contributed by atoms with van der Waals surface area (Å²) in [6.07, 6.45) is 6.56. The summed E-state index contributed by atoms with van der Waals surface area (Å²) in [5, 5.41) is 0.295. The van der Waals surface area contributed by atoms with Gasteiger partial charge in [0.2, 0.25) is 5.91 Å². The average molecular weight is 453 g/mol. The Kier molecular flexibility index (Phi) is 5.77. The summed E-state index contributed by atoms with van der Waals surface area (Å²) in [6, 6.07) is 0.0859. The first-order chi connectivity index (χ1) is 13.3. The molecule has 0 aromatic carbocycles. The Morgan fingerprint density at radius 2 is 1.86 bits per heavy atom. The number of carbonyl (C=O) groups excluding carboxylic acids is 2. The molecule has 4 atom stereocenters. The second-order valence-electron chi connectivity index (χ2n) is 8.08. The van der Waals surface area contributed by atoms with Crippen molar-refractivity contribution in [2.24, 2.45) is 11.8 Å². The summed E-state index contributed by atoms with van der Waals surface area (Å²) in [6.45, 7) is 5.94. The van der Waals surface area contributed by atoms with Gasteiger partial charge in [0.1, 0.15) is 4.99 Å². The molecular weight excluding hydrogens is 429 g/mol. The van der Waals surface area contributed by atoms with E-state index in [1.165, 1.54) is 9.81 Å². The first kappa shape index (κ1) is 20.6. The maximum atomic E-state index is 12.8. The van der Waals surface area contributed by atoms with Crippen LogP contribution in [-0.2, 0) is 9.59 Å². The van der Waals surface area contributed by atoms with Crippen LogP contribution in [-0.4, -0.2) is 54.7 Å². The number of hydrogen-bond acceptors (Lipinski definition) is 6. The highest BCUT2D eigenvalue weighted by molar-refractivity contribution is 8.04. The van der Waals surface area contributed by atoms with Gasteiger partial charge >= 0.3 is 0 Å². The zero-order valence-electron chi connectivity index (χ0n) is 16.2. The van der Waals surface area contributed by atoms with Crippen LogP contribution in [0, 0.1) is 11.8 Å². The zero-order chi connectivity index (χ0) is 20.2. The van der Waals surface area contributed by atoms with Crippen LogP contribution >= 0.6 is 48.0 Å². The number of amides is 2. The minimum atomic E-state index is -0.178. The van der Waals surface area contributed by atoms with E-state index in [4.69, 9.17) is 24.4 Å². The van der Waals surface area contributed by atoms with Gasteiger partial charge in [-0.2, -0.15) is 0 Å². The Hall–Kier alpha value is -0.700. The molecule has 150 valence electrons. The molecule has 4 heterocycles. The Morgan fingerprint density at radius 3 is 2.57 bits per heavy atom. The minimum absolute atomic E-state index is 0.0419. The molecule has 2 amide bonds. The third kappa shape index (κ3) is 3.50. The number of nitrogens with zero attached hydrogens (tertiary/aromatic N) is 2. The van der Waals surface area contributed by atoms with Gasteiger partial charge < -0.3 is 4.90 Å². The standard InChI is InChI=1S/C20H24N2O2S4/c1-10(2)21-17(23)8-16-14(19(21)24)7-12(28-16)6-11(3)22-18(25)9-15-13(20(22)26)4-5-27-15/h8-14H,4-7H2,1-3H3. The van der Waals surface area contributed by atoms with E-state index in [1.807, 2.05) is 25.6 Å². The first-order valence-electron chi connectivity index (χ1n) is 9.74. The van der Waals surface area contributed by atoms with Gasteiger partial charge in [-0.1, -0.05) is 24.4 Å². The van der Waals surface area contributed by atoms with E-state index in [-0.39, 0.29) is 29.8 Å². The molecule has 0 saturated carbocycles. The fourth-order valence-corrected chi connectivity index (χ4v) is 8.42. The second-order valence-corrected chi connectivity index (χ2v) is 11.5. The Labute approximate surface area is 185 Å². The quantitative estimate of drug-likeness (QED) is 0.469. The molecule has 0 N–H and O–H groups in total. The van der Waals surface area contributed by atoms with Crippen molar-refractivity contribution < 1.29 is 9.59 Å². The average Bonchev–Trinajstić information content (AvgIpc) is 3.21. The minimum Gasteiger partial charge on any atom is -0.324 e. The highest BCUT2D eigenvalue weighted by Crippen LogP contribution is 2.47. The number of hydrogen-bond donors (Lipinski definition) is 0. The lowest BCUT2D eigenvalue weighted by Crippen LogP contribution is -2.47. The lowest BCUT2D eigenvalue weighted by atomic mass is 9.94. The van der Waals surface area contributed by atoms with Crippen molar-refractivity contribution in [2.75, 3.05) is 5.75 Å².